The van der Waals surface area contributed by atoms with Crippen LogP contribution in [-0.2, 0) is 41.7 Å². The third-order valence-electron chi connectivity index (χ3n) is 4.76. The maximum absolute atomic E-state index is 12.2. The first-order valence-corrected chi connectivity index (χ1v) is 9.79. The second-order valence-corrected chi connectivity index (χ2v) is 7.08. The molecule has 1 fully saturated rings. The summed E-state index contributed by atoms with van der Waals surface area (Å²) in [5.41, 5.74) is 1.06. The Kier molecular flexibility index (Phi) is 8.03. The Morgan fingerprint density at radius 3 is 1.86 bits per heavy atom. The maximum atomic E-state index is 12.2. The standard InChI is InChI=1S/C22H25ClO6/c1-25-17-18(27-13-15-9-5-3-6-10-15)19(21(23)29-20(17)22(24)26-2)28-14-16-11-7-4-8-12-16/h3-12,17-21H,13-14H2,1-2H3/t17-,18-,19+,20-,21?/m0/s1. The molecular weight excluding hydrogens is 396 g/mol. The second kappa shape index (κ2) is 10.7. The van der Waals surface area contributed by atoms with Crippen molar-refractivity contribution in [1.82, 2.24) is 0 Å². The number of esters is 1. The lowest BCUT2D eigenvalue weighted by Gasteiger charge is -2.42. The van der Waals surface area contributed by atoms with E-state index in [-0.39, 0.29) is 0 Å². The smallest absolute Gasteiger partial charge is 0.337 e. The van der Waals surface area contributed by atoms with Crippen molar-refractivity contribution in [3.8, 4) is 0 Å². The Balaban J connectivity index is 1.79. The van der Waals surface area contributed by atoms with Crippen molar-refractivity contribution >= 4 is 17.6 Å². The number of halogens is 1. The SMILES string of the molecule is COC(=O)[C@H]1OC(Cl)[C@H](OCc2ccccc2)[C@@H](OCc2ccccc2)[C@@H]1OC. The van der Waals surface area contributed by atoms with Crippen molar-refractivity contribution in [1.29, 1.82) is 0 Å². The van der Waals surface area contributed by atoms with Gasteiger partial charge in [0.15, 0.2) is 11.7 Å². The van der Waals surface area contributed by atoms with Gasteiger partial charge in [-0.05, 0) is 11.1 Å². The zero-order valence-corrected chi connectivity index (χ0v) is 17.2. The molecule has 6 nitrogen and oxygen atoms in total. The highest BCUT2D eigenvalue weighted by Gasteiger charge is 2.50. The highest BCUT2D eigenvalue weighted by atomic mass is 35.5. The minimum absolute atomic E-state index is 0.314. The molecule has 7 heteroatoms. The summed E-state index contributed by atoms with van der Waals surface area (Å²) < 4.78 is 28.3. The van der Waals surface area contributed by atoms with Crippen LogP contribution in [0.2, 0.25) is 0 Å². The minimum Gasteiger partial charge on any atom is -0.467 e. The average Bonchev–Trinajstić information content (AvgIpc) is 2.77. The highest BCUT2D eigenvalue weighted by molar-refractivity contribution is 6.20. The average molecular weight is 421 g/mol. The number of hydrogen-bond donors (Lipinski definition) is 0. The predicted molar refractivity (Wildman–Crippen MR) is 107 cm³/mol. The van der Waals surface area contributed by atoms with Crippen molar-refractivity contribution in [2.24, 2.45) is 0 Å². The predicted octanol–water partition coefficient (Wildman–Crippen LogP) is 3.31. The van der Waals surface area contributed by atoms with Gasteiger partial charge in [0.1, 0.15) is 18.3 Å². The summed E-state index contributed by atoms with van der Waals surface area (Å²) in [6, 6.07) is 19.4. The first kappa shape index (κ1) is 21.7. The van der Waals surface area contributed by atoms with E-state index < -0.39 is 35.9 Å². The summed E-state index contributed by atoms with van der Waals surface area (Å²) in [6.45, 7) is 0.636. The van der Waals surface area contributed by atoms with Gasteiger partial charge in [-0.3, -0.25) is 0 Å². The van der Waals surface area contributed by atoms with E-state index in [2.05, 4.69) is 0 Å². The van der Waals surface area contributed by atoms with E-state index in [9.17, 15) is 4.79 Å². The van der Waals surface area contributed by atoms with Crippen LogP contribution in [0.1, 0.15) is 11.1 Å². The molecule has 0 bridgehead atoms. The molecule has 1 aliphatic heterocycles. The van der Waals surface area contributed by atoms with Crippen molar-refractivity contribution in [3.05, 3.63) is 71.8 Å². The summed E-state index contributed by atoms with van der Waals surface area (Å²) in [5, 5.41) is 0. The zero-order valence-electron chi connectivity index (χ0n) is 16.4. The number of ether oxygens (including phenoxy) is 5. The first-order chi connectivity index (χ1) is 14.1. The fourth-order valence-electron chi connectivity index (χ4n) is 3.26. The molecule has 0 radical (unpaired) electrons. The van der Waals surface area contributed by atoms with Crippen LogP contribution >= 0.6 is 11.6 Å². The summed E-state index contributed by atoms with van der Waals surface area (Å²) in [4.78, 5) is 12.2. The Hall–Kier alpha value is -1.96. The lowest BCUT2D eigenvalue weighted by Crippen LogP contribution is -2.60. The largest absolute Gasteiger partial charge is 0.467 e. The summed E-state index contributed by atoms with van der Waals surface area (Å²) >= 11 is 6.45. The first-order valence-electron chi connectivity index (χ1n) is 9.35. The monoisotopic (exact) mass is 420 g/mol. The van der Waals surface area contributed by atoms with Crippen molar-refractivity contribution in [2.45, 2.75) is 43.2 Å². The van der Waals surface area contributed by atoms with Gasteiger partial charge in [-0.1, -0.05) is 72.3 Å². The number of hydrogen-bond acceptors (Lipinski definition) is 6. The highest BCUT2D eigenvalue weighted by Crippen LogP contribution is 2.31. The Morgan fingerprint density at radius 1 is 0.862 bits per heavy atom. The number of carbonyl (C=O) groups excluding carboxylic acids is 1. The van der Waals surface area contributed by atoms with Crippen molar-refractivity contribution < 1.29 is 28.5 Å². The van der Waals surface area contributed by atoms with Gasteiger partial charge in [0.05, 0.1) is 20.3 Å². The van der Waals surface area contributed by atoms with E-state index in [0.29, 0.717) is 13.2 Å². The van der Waals surface area contributed by atoms with Crippen LogP contribution in [0.3, 0.4) is 0 Å². The second-order valence-electron chi connectivity index (χ2n) is 6.65. The van der Waals surface area contributed by atoms with Crippen LogP contribution in [0.5, 0.6) is 0 Å². The molecule has 1 aliphatic rings. The van der Waals surface area contributed by atoms with E-state index in [0.717, 1.165) is 11.1 Å². The van der Waals surface area contributed by atoms with E-state index in [1.165, 1.54) is 14.2 Å². The van der Waals surface area contributed by atoms with Crippen LogP contribution in [0.15, 0.2) is 60.7 Å². The molecule has 0 aliphatic carbocycles. The molecule has 29 heavy (non-hydrogen) atoms. The van der Waals surface area contributed by atoms with Crippen molar-refractivity contribution in [3.63, 3.8) is 0 Å². The van der Waals surface area contributed by atoms with E-state index in [1.54, 1.807) is 0 Å². The normalized spacial score (nSPS) is 26.8. The molecule has 0 amide bonds. The molecule has 0 spiro atoms. The lowest BCUT2D eigenvalue weighted by molar-refractivity contribution is -0.243. The van der Waals surface area contributed by atoms with Crippen LogP contribution in [0.25, 0.3) is 0 Å². The van der Waals surface area contributed by atoms with Crippen LogP contribution in [-0.4, -0.2) is 50.2 Å². The van der Waals surface area contributed by atoms with E-state index in [4.69, 9.17) is 35.3 Å². The van der Waals surface area contributed by atoms with E-state index >= 15 is 0 Å². The number of benzene rings is 2. The molecule has 2 aromatic rings. The van der Waals surface area contributed by atoms with Gasteiger partial charge in [-0.2, -0.15) is 0 Å². The van der Waals surface area contributed by atoms with Crippen LogP contribution in [0, 0.1) is 0 Å². The molecule has 156 valence electrons. The van der Waals surface area contributed by atoms with Crippen molar-refractivity contribution in [2.75, 3.05) is 14.2 Å². The van der Waals surface area contributed by atoms with Gasteiger partial charge >= 0.3 is 5.97 Å². The molecule has 2 aromatic carbocycles. The molecule has 1 saturated heterocycles. The molecule has 0 N–H and O–H groups in total. The third kappa shape index (κ3) is 5.56. The molecular formula is C22H25ClO6. The molecule has 0 aromatic heterocycles. The van der Waals surface area contributed by atoms with Gasteiger partial charge in [0, 0.05) is 7.11 Å². The third-order valence-corrected chi connectivity index (χ3v) is 5.11. The molecule has 5 atom stereocenters. The molecule has 3 rings (SSSR count). The summed E-state index contributed by atoms with van der Waals surface area (Å²) in [6.07, 6.45) is -3.03. The van der Waals surface area contributed by atoms with Gasteiger partial charge in [-0.25, -0.2) is 4.79 Å². The Labute approximate surface area is 175 Å². The fraction of sp³-hybridized carbons (Fsp3) is 0.409. The number of carbonyl (C=O) groups is 1. The van der Waals surface area contributed by atoms with Crippen LogP contribution < -0.4 is 0 Å². The maximum Gasteiger partial charge on any atom is 0.337 e. The summed E-state index contributed by atoms with van der Waals surface area (Å²) in [7, 11) is 2.78. The molecule has 1 unspecified atom stereocenters. The zero-order chi connectivity index (χ0) is 20.6. The Bertz CT molecular complexity index is 756. The number of alkyl halides is 1. The topological polar surface area (TPSA) is 63.2 Å². The van der Waals surface area contributed by atoms with Gasteiger partial charge in [-0.15, -0.1) is 0 Å². The quantitative estimate of drug-likeness (QED) is 0.482. The van der Waals surface area contributed by atoms with Gasteiger partial charge in [0.25, 0.3) is 0 Å². The van der Waals surface area contributed by atoms with Gasteiger partial charge < -0.3 is 23.7 Å². The number of methoxy groups -OCH3 is 2. The molecule has 1 heterocycles. The number of rotatable bonds is 8. The Morgan fingerprint density at radius 2 is 1.38 bits per heavy atom. The van der Waals surface area contributed by atoms with E-state index in [1.807, 2.05) is 60.7 Å². The molecule has 0 saturated carbocycles. The minimum atomic E-state index is -1.01. The lowest BCUT2D eigenvalue weighted by atomic mass is 9.98. The summed E-state index contributed by atoms with van der Waals surface area (Å²) in [5.74, 6) is -0.572. The van der Waals surface area contributed by atoms with Crippen LogP contribution in [0.4, 0.5) is 0 Å². The fourth-order valence-corrected chi connectivity index (χ4v) is 3.59. The van der Waals surface area contributed by atoms with Gasteiger partial charge in [0.2, 0.25) is 0 Å².